The standard InChI is InChI=1S/C33H26F4N2O4S/c34-31(35)42-23-9-4-19(5-10-23)16-22-2-1-3-25-29(22)38-33-39(30(25)20-6-11-24(12-7-20)43-32(36)37)26(18-44-33)21-8-13-27-28(17-21)41-15-14-40-27/h4-13,16-18,30-32H,1-3,14-15H2/b22-16-/t30-/m0/s1. The third-order valence-corrected chi connectivity index (χ3v) is 8.58. The molecule has 226 valence electrons. The first-order valence-electron chi connectivity index (χ1n) is 14.1. The number of amidine groups is 1. The summed E-state index contributed by atoms with van der Waals surface area (Å²) < 4.78 is 71.8. The summed E-state index contributed by atoms with van der Waals surface area (Å²) in [5, 5.41) is 2.86. The van der Waals surface area contributed by atoms with Crippen LogP contribution in [-0.4, -0.2) is 36.5 Å². The molecule has 6 nitrogen and oxygen atoms in total. The number of ether oxygens (including phenoxy) is 4. The van der Waals surface area contributed by atoms with Gasteiger partial charge in [0, 0.05) is 11.0 Å². The fourth-order valence-electron chi connectivity index (χ4n) is 5.91. The van der Waals surface area contributed by atoms with Crippen LogP contribution in [0.3, 0.4) is 0 Å². The maximum atomic E-state index is 12.9. The largest absolute Gasteiger partial charge is 0.486 e. The van der Waals surface area contributed by atoms with Crippen LogP contribution in [0.1, 0.15) is 42.0 Å². The number of hydrogen-bond donors (Lipinski definition) is 0. The minimum absolute atomic E-state index is 0.0875. The molecule has 4 aliphatic rings. The number of fused-ring (bicyclic) bond motifs is 2. The molecule has 0 bridgehead atoms. The van der Waals surface area contributed by atoms with Gasteiger partial charge in [-0.3, -0.25) is 0 Å². The predicted octanol–water partition coefficient (Wildman–Crippen LogP) is 8.64. The van der Waals surface area contributed by atoms with Crippen molar-refractivity contribution in [3.05, 3.63) is 106 Å². The Hall–Kier alpha value is -4.38. The Balaban J connectivity index is 1.29. The van der Waals surface area contributed by atoms with E-state index in [9.17, 15) is 17.6 Å². The first kappa shape index (κ1) is 28.4. The van der Waals surface area contributed by atoms with E-state index < -0.39 is 13.2 Å². The van der Waals surface area contributed by atoms with Crippen LogP contribution >= 0.6 is 11.8 Å². The van der Waals surface area contributed by atoms with Crippen molar-refractivity contribution in [2.75, 3.05) is 13.2 Å². The molecule has 44 heavy (non-hydrogen) atoms. The van der Waals surface area contributed by atoms with Crippen LogP contribution in [0, 0.1) is 0 Å². The SMILES string of the molecule is FC(F)Oc1ccc(/C=C2/CCCC3=C2N=C2SC=C(c4ccc5c(c4)OCCO5)N2[C@H]3c2ccc(OC(F)F)cc2)cc1. The average Bonchev–Trinajstić information content (AvgIpc) is 3.44. The van der Waals surface area contributed by atoms with Gasteiger partial charge in [-0.25, -0.2) is 4.99 Å². The third-order valence-electron chi connectivity index (χ3n) is 7.74. The van der Waals surface area contributed by atoms with Crippen molar-refractivity contribution in [3.8, 4) is 23.0 Å². The highest BCUT2D eigenvalue weighted by molar-refractivity contribution is 8.16. The van der Waals surface area contributed by atoms with Gasteiger partial charge in [0.2, 0.25) is 0 Å². The molecule has 0 fully saturated rings. The second-order valence-electron chi connectivity index (χ2n) is 10.4. The maximum Gasteiger partial charge on any atom is 0.387 e. The van der Waals surface area contributed by atoms with E-state index in [1.54, 1.807) is 24.3 Å². The van der Waals surface area contributed by atoms with E-state index >= 15 is 0 Å². The van der Waals surface area contributed by atoms with Crippen LogP contribution in [0.5, 0.6) is 23.0 Å². The van der Waals surface area contributed by atoms with E-state index in [2.05, 4.69) is 19.8 Å². The summed E-state index contributed by atoms with van der Waals surface area (Å²) in [7, 11) is 0. The fourth-order valence-corrected chi connectivity index (χ4v) is 6.84. The summed E-state index contributed by atoms with van der Waals surface area (Å²) in [5.74, 6) is 1.56. The molecule has 0 unspecified atom stereocenters. The van der Waals surface area contributed by atoms with Crippen LogP contribution in [0.15, 0.2) is 94.0 Å². The molecule has 1 aliphatic carbocycles. The van der Waals surface area contributed by atoms with Crippen molar-refractivity contribution in [2.45, 2.75) is 38.5 Å². The molecular weight excluding hydrogens is 596 g/mol. The molecule has 0 amide bonds. The molecule has 0 radical (unpaired) electrons. The summed E-state index contributed by atoms with van der Waals surface area (Å²) in [4.78, 5) is 7.35. The molecule has 7 rings (SSSR count). The Kier molecular flexibility index (Phi) is 7.71. The lowest BCUT2D eigenvalue weighted by Crippen LogP contribution is -2.34. The van der Waals surface area contributed by atoms with Crippen molar-refractivity contribution in [1.82, 2.24) is 4.90 Å². The quantitative estimate of drug-likeness (QED) is 0.246. The van der Waals surface area contributed by atoms with E-state index in [1.165, 1.54) is 23.9 Å². The number of rotatable bonds is 7. The van der Waals surface area contributed by atoms with E-state index in [1.807, 2.05) is 36.4 Å². The monoisotopic (exact) mass is 622 g/mol. The second kappa shape index (κ2) is 12.0. The zero-order valence-electron chi connectivity index (χ0n) is 23.2. The Morgan fingerprint density at radius 3 is 2.23 bits per heavy atom. The Labute approximate surface area is 255 Å². The summed E-state index contributed by atoms with van der Waals surface area (Å²) in [6.07, 6.45) is 4.51. The molecule has 1 atom stereocenters. The highest BCUT2D eigenvalue weighted by Gasteiger charge is 2.40. The second-order valence-corrected chi connectivity index (χ2v) is 11.3. The molecule has 11 heteroatoms. The van der Waals surface area contributed by atoms with Gasteiger partial charge in [0.25, 0.3) is 0 Å². The molecule has 0 aromatic heterocycles. The number of halogens is 4. The molecule has 3 aromatic carbocycles. The molecule has 3 aromatic rings. The van der Waals surface area contributed by atoms with Gasteiger partial charge in [-0.05, 0) is 90.1 Å². The molecule has 3 aliphatic heterocycles. The third kappa shape index (κ3) is 5.63. The number of allylic oxidation sites excluding steroid dienone is 1. The van der Waals surface area contributed by atoms with Crippen LogP contribution in [0.4, 0.5) is 17.6 Å². The first-order valence-corrected chi connectivity index (χ1v) is 15.0. The molecule has 0 spiro atoms. The lowest BCUT2D eigenvalue weighted by molar-refractivity contribution is -0.0505. The molecule has 0 saturated carbocycles. The normalized spacial score (nSPS) is 20.0. The Morgan fingerprint density at radius 1 is 0.841 bits per heavy atom. The fraction of sp³-hybridized carbons (Fsp3) is 0.242. The summed E-state index contributed by atoms with van der Waals surface area (Å²) in [6.45, 7) is -4.82. The van der Waals surface area contributed by atoms with E-state index in [4.69, 9.17) is 14.5 Å². The molecular formula is C33H26F4N2O4S. The van der Waals surface area contributed by atoms with Gasteiger partial charge < -0.3 is 23.8 Å². The van der Waals surface area contributed by atoms with Gasteiger partial charge in [0.15, 0.2) is 16.7 Å². The van der Waals surface area contributed by atoms with Crippen molar-refractivity contribution >= 4 is 28.7 Å². The maximum absolute atomic E-state index is 12.9. The van der Waals surface area contributed by atoms with Gasteiger partial charge in [0.05, 0.1) is 17.4 Å². The smallest absolute Gasteiger partial charge is 0.387 e. The van der Waals surface area contributed by atoms with Gasteiger partial charge in [0.1, 0.15) is 24.7 Å². The summed E-state index contributed by atoms with van der Waals surface area (Å²) in [6, 6.07) is 18.9. The number of thioether (sulfide) groups is 1. The topological polar surface area (TPSA) is 52.5 Å². The average molecular weight is 623 g/mol. The van der Waals surface area contributed by atoms with Crippen molar-refractivity contribution in [3.63, 3.8) is 0 Å². The summed E-state index contributed by atoms with van der Waals surface area (Å²) in [5.41, 5.74) is 6.67. The van der Waals surface area contributed by atoms with Crippen molar-refractivity contribution in [2.24, 2.45) is 4.99 Å². The van der Waals surface area contributed by atoms with E-state index in [0.717, 1.165) is 63.7 Å². The lowest BCUT2D eigenvalue weighted by atomic mass is 9.82. The van der Waals surface area contributed by atoms with Gasteiger partial charge in [-0.15, -0.1) is 0 Å². The van der Waals surface area contributed by atoms with Gasteiger partial charge >= 0.3 is 13.2 Å². The predicted molar refractivity (Wildman–Crippen MR) is 160 cm³/mol. The molecule has 3 heterocycles. The van der Waals surface area contributed by atoms with Crippen LogP contribution in [0.2, 0.25) is 0 Å². The van der Waals surface area contributed by atoms with Crippen LogP contribution < -0.4 is 18.9 Å². The van der Waals surface area contributed by atoms with E-state index in [0.29, 0.717) is 24.7 Å². The summed E-state index contributed by atoms with van der Waals surface area (Å²) >= 11 is 1.52. The first-order chi connectivity index (χ1) is 21.4. The van der Waals surface area contributed by atoms with Crippen molar-refractivity contribution in [1.29, 1.82) is 0 Å². The lowest BCUT2D eigenvalue weighted by Gasteiger charge is -2.40. The zero-order chi connectivity index (χ0) is 30.2. The van der Waals surface area contributed by atoms with Gasteiger partial charge in [-0.1, -0.05) is 36.0 Å². The number of aliphatic imine (C=N–C) groups is 1. The van der Waals surface area contributed by atoms with E-state index in [-0.39, 0.29) is 17.5 Å². The number of benzene rings is 3. The molecule has 0 saturated heterocycles. The highest BCUT2D eigenvalue weighted by atomic mass is 32.2. The number of hydrogen-bond acceptors (Lipinski definition) is 7. The minimum Gasteiger partial charge on any atom is -0.486 e. The van der Waals surface area contributed by atoms with Crippen LogP contribution in [0.25, 0.3) is 11.8 Å². The Morgan fingerprint density at radius 2 is 1.52 bits per heavy atom. The van der Waals surface area contributed by atoms with Gasteiger partial charge in [-0.2, -0.15) is 17.6 Å². The number of alkyl halides is 4. The van der Waals surface area contributed by atoms with Crippen LogP contribution in [-0.2, 0) is 0 Å². The number of nitrogens with zero attached hydrogens (tertiary/aromatic N) is 2. The van der Waals surface area contributed by atoms with Crippen molar-refractivity contribution < 1.29 is 36.5 Å². The highest BCUT2D eigenvalue weighted by Crippen LogP contribution is 2.51. The Bertz CT molecular complexity index is 1690. The zero-order valence-corrected chi connectivity index (χ0v) is 24.0. The molecule has 0 N–H and O–H groups in total. The minimum atomic E-state index is -2.91.